The lowest BCUT2D eigenvalue weighted by molar-refractivity contribution is 1.09. The normalized spacial score (nSPS) is 10.6. The minimum Gasteiger partial charge on any atom is -0.285 e. The predicted molar refractivity (Wildman–Crippen MR) is 59.8 cm³/mol. The van der Waals surface area contributed by atoms with Gasteiger partial charge in [0, 0.05) is 35.0 Å². The molecule has 2 aromatic rings. The third kappa shape index (κ3) is 2.81. The van der Waals surface area contributed by atoms with Crippen molar-refractivity contribution in [2.45, 2.75) is 11.5 Å². The first kappa shape index (κ1) is 9.67. The molecule has 0 atom stereocenters. The number of hydrogen-bond acceptors (Lipinski definition) is 4. The summed E-state index contributed by atoms with van der Waals surface area (Å²) in [6, 6.07) is 0. The monoisotopic (exact) mass is 226 g/mol. The summed E-state index contributed by atoms with van der Waals surface area (Å²) in [5, 5.41) is 13.4. The van der Waals surface area contributed by atoms with E-state index in [4.69, 9.17) is 0 Å². The Bertz CT molecular complexity index is 307. The third-order valence-corrected chi connectivity index (χ3v) is 3.92. The van der Waals surface area contributed by atoms with Crippen LogP contribution in [0.4, 0.5) is 0 Å². The van der Waals surface area contributed by atoms with Crippen molar-refractivity contribution in [3.63, 3.8) is 0 Å². The SMILES string of the molecule is c1n[nH]cc1CSSCc1cn[nH]c1. The van der Waals surface area contributed by atoms with Crippen LogP contribution in [-0.2, 0) is 11.5 Å². The average Bonchev–Trinajstić information content (AvgIpc) is 2.86. The fraction of sp³-hybridized carbons (Fsp3) is 0.250. The second kappa shape index (κ2) is 5.11. The lowest BCUT2D eigenvalue weighted by Gasteiger charge is -1.96. The van der Waals surface area contributed by atoms with Crippen LogP contribution < -0.4 is 0 Å². The van der Waals surface area contributed by atoms with Crippen molar-refractivity contribution >= 4 is 21.6 Å². The molecule has 0 spiro atoms. The highest BCUT2D eigenvalue weighted by Crippen LogP contribution is 2.28. The Morgan fingerprint density at radius 2 is 1.43 bits per heavy atom. The number of H-pyrrole nitrogens is 2. The lowest BCUT2D eigenvalue weighted by Crippen LogP contribution is -1.74. The Morgan fingerprint density at radius 1 is 0.929 bits per heavy atom. The van der Waals surface area contributed by atoms with Crippen LogP contribution in [0.25, 0.3) is 0 Å². The molecule has 0 saturated carbocycles. The van der Waals surface area contributed by atoms with Crippen molar-refractivity contribution in [2.24, 2.45) is 0 Å². The van der Waals surface area contributed by atoms with Gasteiger partial charge < -0.3 is 0 Å². The smallest absolute Gasteiger partial charge is 0.0527 e. The van der Waals surface area contributed by atoms with E-state index in [0.29, 0.717) is 0 Å². The van der Waals surface area contributed by atoms with Crippen molar-refractivity contribution in [1.29, 1.82) is 0 Å². The molecule has 2 aromatic heterocycles. The second-order valence-corrected chi connectivity index (χ2v) is 5.20. The molecule has 2 N–H and O–H groups in total. The minimum atomic E-state index is 0.985. The van der Waals surface area contributed by atoms with Crippen molar-refractivity contribution in [2.75, 3.05) is 0 Å². The number of nitrogens with zero attached hydrogens (tertiary/aromatic N) is 2. The van der Waals surface area contributed by atoms with Gasteiger partial charge in [-0.3, -0.25) is 10.2 Å². The Morgan fingerprint density at radius 3 is 1.79 bits per heavy atom. The van der Waals surface area contributed by atoms with E-state index in [1.807, 2.05) is 46.4 Å². The van der Waals surface area contributed by atoms with Crippen LogP contribution in [0.1, 0.15) is 11.1 Å². The number of rotatable bonds is 5. The van der Waals surface area contributed by atoms with Gasteiger partial charge in [0.1, 0.15) is 0 Å². The van der Waals surface area contributed by atoms with Crippen LogP contribution in [0.3, 0.4) is 0 Å². The summed E-state index contributed by atoms with van der Waals surface area (Å²) in [6.07, 6.45) is 7.55. The van der Waals surface area contributed by atoms with Crippen molar-refractivity contribution in [3.05, 3.63) is 35.9 Å². The summed E-state index contributed by atoms with van der Waals surface area (Å²) in [6.45, 7) is 0. The number of nitrogens with one attached hydrogen (secondary N) is 2. The van der Waals surface area contributed by atoms with Gasteiger partial charge >= 0.3 is 0 Å². The van der Waals surface area contributed by atoms with E-state index >= 15 is 0 Å². The zero-order chi connectivity index (χ0) is 9.64. The summed E-state index contributed by atoms with van der Waals surface area (Å²) in [4.78, 5) is 0. The van der Waals surface area contributed by atoms with Crippen LogP contribution in [0.2, 0.25) is 0 Å². The highest BCUT2D eigenvalue weighted by atomic mass is 33.1. The molecule has 0 radical (unpaired) electrons. The van der Waals surface area contributed by atoms with Gasteiger partial charge in [-0.05, 0) is 0 Å². The molecule has 0 aliphatic heterocycles. The summed E-state index contributed by atoms with van der Waals surface area (Å²) in [5.41, 5.74) is 2.46. The topological polar surface area (TPSA) is 57.4 Å². The molecule has 2 heterocycles. The number of aromatic nitrogens is 4. The zero-order valence-corrected chi connectivity index (χ0v) is 9.07. The fourth-order valence-electron chi connectivity index (χ4n) is 0.933. The first-order chi connectivity index (χ1) is 6.95. The highest BCUT2D eigenvalue weighted by molar-refractivity contribution is 8.76. The largest absolute Gasteiger partial charge is 0.285 e. The van der Waals surface area contributed by atoms with E-state index in [9.17, 15) is 0 Å². The summed E-state index contributed by atoms with van der Waals surface area (Å²) < 4.78 is 0. The van der Waals surface area contributed by atoms with Gasteiger partial charge in [-0.15, -0.1) is 0 Å². The van der Waals surface area contributed by atoms with Gasteiger partial charge in [0.15, 0.2) is 0 Å². The minimum absolute atomic E-state index is 0.985. The molecule has 0 aliphatic carbocycles. The van der Waals surface area contributed by atoms with Crippen molar-refractivity contribution in [3.8, 4) is 0 Å². The Hall–Kier alpha value is -0.880. The molecule has 0 unspecified atom stereocenters. The molecule has 0 amide bonds. The van der Waals surface area contributed by atoms with Crippen LogP contribution in [0.5, 0.6) is 0 Å². The van der Waals surface area contributed by atoms with Gasteiger partial charge in [0.05, 0.1) is 12.4 Å². The molecular formula is C8H10N4S2. The fourth-order valence-corrected chi connectivity index (χ4v) is 3.00. The summed E-state index contributed by atoms with van der Waals surface area (Å²) in [5.74, 6) is 1.97. The van der Waals surface area contributed by atoms with Gasteiger partial charge in [0.2, 0.25) is 0 Å². The van der Waals surface area contributed by atoms with Gasteiger partial charge in [-0.1, -0.05) is 21.6 Å². The summed E-state index contributed by atoms with van der Waals surface area (Å²) in [7, 11) is 3.65. The predicted octanol–water partition coefficient (Wildman–Crippen LogP) is 2.21. The first-order valence-corrected chi connectivity index (χ1v) is 6.63. The average molecular weight is 226 g/mol. The third-order valence-electron chi connectivity index (χ3n) is 1.64. The molecule has 0 saturated heterocycles. The first-order valence-electron chi connectivity index (χ1n) is 4.15. The van der Waals surface area contributed by atoms with E-state index in [1.54, 1.807) is 0 Å². The number of hydrogen-bond donors (Lipinski definition) is 2. The molecule has 4 nitrogen and oxygen atoms in total. The molecule has 2 rings (SSSR count). The Labute approximate surface area is 89.7 Å². The lowest BCUT2D eigenvalue weighted by atomic mass is 10.4. The van der Waals surface area contributed by atoms with Gasteiger partial charge in [0.25, 0.3) is 0 Å². The molecule has 14 heavy (non-hydrogen) atoms. The van der Waals surface area contributed by atoms with E-state index < -0.39 is 0 Å². The van der Waals surface area contributed by atoms with Crippen LogP contribution >= 0.6 is 21.6 Å². The maximum Gasteiger partial charge on any atom is 0.0527 e. The molecule has 74 valence electrons. The molecule has 0 fully saturated rings. The van der Waals surface area contributed by atoms with E-state index in [-0.39, 0.29) is 0 Å². The van der Waals surface area contributed by atoms with E-state index in [2.05, 4.69) is 20.4 Å². The van der Waals surface area contributed by atoms with Crippen molar-refractivity contribution in [1.82, 2.24) is 20.4 Å². The molecule has 0 aliphatic rings. The van der Waals surface area contributed by atoms with E-state index in [1.165, 1.54) is 11.1 Å². The summed E-state index contributed by atoms with van der Waals surface area (Å²) >= 11 is 0. The van der Waals surface area contributed by atoms with Crippen molar-refractivity contribution < 1.29 is 0 Å². The molecule has 0 bridgehead atoms. The quantitative estimate of drug-likeness (QED) is 0.606. The van der Waals surface area contributed by atoms with Crippen LogP contribution in [-0.4, -0.2) is 20.4 Å². The van der Waals surface area contributed by atoms with Crippen LogP contribution in [0, 0.1) is 0 Å². The standard InChI is InChI=1S/C8H10N4S2/c1-7(2-10-9-1)5-13-14-6-8-3-11-12-4-8/h1-4H,5-6H2,(H,9,10)(H,11,12). The zero-order valence-electron chi connectivity index (χ0n) is 7.43. The Kier molecular flexibility index (Phi) is 3.53. The molecule has 0 aromatic carbocycles. The molecular weight excluding hydrogens is 216 g/mol. The van der Waals surface area contributed by atoms with Crippen LogP contribution in [0.15, 0.2) is 24.8 Å². The maximum absolute atomic E-state index is 3.89. The molecule has 6 heteroatoms. The van der Waals surface area contributed by atoms with Gasteiger partial charge in [-0.25, -0.2) is 0 Å². The van der Waals surface area contributed by atoms with Gasteiger partial charge in [-0.2, -0.15) is 10.2 Å². The van der Waals surface area contributed by atoms with E-state index in [0.717, 1.165) is 11.5 Å². The number of aromatic amines is 2. The second-order valence-electron chi connectivity index (χ2n) is 2.74. The highest BCUT2D eigenvalue weighted by Gasteiger charge is 1.97. The Balaban J connectivity index is 1.65. The maximum atomic E-state index is 3.89.